The molecule has 0 bridgehead atoms. The van der Waals surface area contributed by atoms with E-state index < -0.39 is 0 Å². The van der Waals surface area contributed by atoms with Crippen LogP contribution in [-0.4, -0.2) is 25.8 Å². The highest BCUT2D eigenvalue weighted by Crippen LogP contribution is 2.28. The average Bonchev–Trinajstić information content (AvgIpc) is 2.64. The van der Waals surface area contributed by atoms with Gasteiger partial charge in [0, 0.05) is 19.2 Å². The largest absolute Gasteiger partial charge is 0.383 e. The van der Waals surface area contributed by atoms with Crippen LogP contribution < -0.4 is 5.32 Å². The maximum atomic E-state index is 5.21. The number of ether oxygens (including phenoxy) is 1. The van der Waals surface area contributed by atoms with Crippen molar-refractivity contribution in [3.05, 3.63) is 0 Å². The van der Waals surface area contributed by atoms with Gasteiger partial charge in [-0.1, -0.05) is 26.7 Å². The van der Waals surface area contributed by atoms with Crippen molar-refractivity contribution in [3.63, 3.8) is 0 Å². The molecule has 0 aromatic carbocycles. The Balaban J connectivity index is 2.32. The van der Waals surface area contributed by atoms with Crippen LogP contribution in [0.4, 0.5) is 0 Å². The van der Waals surface area contributed by atoms with E-state index in [9.17, 15) is 0 Å². The third-order valence-corrected chi connectivity index (χ3v) is 3.49. The van der Waals surface area contributed by atoms with Gasteiger partial charge < -0.3 is 10.1 Å². The lowest BCUT2D eigenvalue weighted by Crippen LogP contribution is -2.42. The lowest BCUT2D eigenvalue weighted by molar-refractivity contribution is 0.153. The van der Waals surface area contributed by atoms with Crippen molar-refractivity contribution in [2.75, 3.05) is 13.7 Å². The molecule has 0 aromatic rings. The fraction of sp³-hybridized carbons (Fsp3) is 1.00. The summed E-state index contributed by atoms with van der Waals surface area (Å²) in [4.78, 5) is 0. The second-order valence-electron chi connectivity index (χ2n) is 4.43. The molecule has 0 aromatic heterocycles. The lowest BCUT2D eigenvalue weighted by Gasteiger charge is -2.25. The number of nitrogens with one attached hydrogen (secondary N) is 1. The van der Waals surface area contributed by atoms with Gasteiger partial charge in [-0.05, 0) is 25.2 Å². The van der Waals surface area contributed by atoms with Gasteiger partial charge in [0.25, 0.3) is 0 Å². The minimum Gasteiger partial charge on any atom is -0.383 e. The van der Waals surface area contributed by atoms with Gasteiger partial charge >= 0.3 is 0 Å². The quantitative estimate of drug-likeness (QED) is 0.710. The monoisotopic (exact) mass is 199 g/mol. The van der Waals surface area contributed by atoms with Crippen LogP contribution in [0.2, 0.25) is 0 Å². The summed E-state index contributed by atoms with van der Waals surface area (Å²) < 4.78 is 5.21. The lowest BCUT2D eigenvalue weighted by atomic mass is 9.99. The van der Waals surface area contributed by atoms with Gasteiger partial charge in [0.05, 0.1) is 6.61 Å². The molecule has 1 aliphatic carbocycles. The summed E-state index contributed by atoms with van der Waals surface area (Å²) in [5.41, 5.74) is 0. The van der Waals surface area contributed by atoms with Crippen molar-refractivity contribution in [2.45, 2.75) is 58.0 Å². The van der Waals surface area contributed by atoms with E-state index in [1.165, 1.54) is 32.1 Å². The van der Waals surface area contributed by atoms with E-state index in [2.05, 4.69) is 19.2 Å². The van der Waals surface area contributed by atoms with Crippen LogP contribution >= 0.6 is 0 Å². The standard InChI is InChI=1S/C12H25NO/c1-4-10-7-6-8-12(10)13-11(5-2)9-14-3/h10-13H,4-9H2,1-3H3. The Kier molecular flexibility index (Phi) is 5.49. The summed E-state index contributed by atoms with van der Waals surface area (Å²) in [5, 5.41) is 3.74. The Morgan fingerprint density at radius 3 is 2.71 bits per heavy atom. The Hall–Kier alpha value is -0.0800. The van der Waals surface area contributed by atoms with E-state index in [-0.39, 0.29) is 0 Å². The molecule has 0 heterocycles. The summed E-state index contributed by atoms with van der Waals surface area (Å²) in [6.07, 6.45) is 6.66. The Bertz CT molecular complexity index is 149. The predicted molar refractivity (Wildman–Crippen MR) is 60.5 cm³/mol. The molecule has 0 spiro atoms. The number of rotatable bonds is 6. The van der Waals surface area contributed by atoms with E-state index in [1.54, 1.807) is 7.11 Å². The zero-order valence-corrected chi connectivity index (χ0v) is 9.88. The Labute approximate surface area is 88.4 Å². The van der Waals surface area contributed by atoms with Crippen LogP contribution in [-0.2, 0) is 4.74 Å². The van der Waals surface area contributed by atoms with E-state index in [4.69, 9.17) is 4.74 Å². The first-order valence-corrected chi connectivity index (χ1v) is 6.06. The molecule has 1 aliphatic rings. The summed E-state index contributed by atoms with van der Waals surface area (Å²) in [5.74, 6) is 0.904. The summed E-state index contributed by atoms with van der Waals surface area (Å²) in [7, 11) is 1.79. The van der Waals surface area contributed by atoms with E-state index in [0.717, 1.165) is 18.6 Å². The zero-order chi connectivity index (χ0) is 10.4. The van der Waals surface area contributed by atoms with Crippen molar-refractivity contribution in [3.8, 4) is 0 Å². The van der Waals surface area contributed by atoms with Crippen molar-refractivity contribution < 1.29 is 4.74 Å². The van der Waals surface area contributed by atoms with Crippen LogP contribution in [0.5, 0.6) is 0 Å². The van der Waals surface area contributed by atoms with E-state index in [1.807, 2.05) is 0 Å². The first-order chi connectivity index (χ1) is 6.81. The molecule has 1 N–H and O–H groups in total. The fourth-order valence-corrected chi connectivity index (χ4v) is 2.53. The van der Waals surface area contributed by atoms with Crippen LogP contribution in [0.3, 0.4) is 0 Å². The first-order valence-electron chi connectivity index (χ1n) is 6.06. The van der Waals surface area contributed by atoms with Crippen LogP contribution in [0.1, 0.15) is 46.0 Å². The minimum absolute atomic E-state index is 0.553. The molecule has 14 heavy (non-hydrogen) atoms. The molecule has 0 aliphatic heterocycles. The normalized spacial score (nSPS) is 29.4. The zero-order valence-electron chi connectivity index (χ0n) is 9.88. The number of methoxy groups -OCH3 is 1. The van der Waals surface area contributed by atoms with Gasteiger partial charge in [-0.25, -0.2) is 0 Å². The molecule has 1 saturated carbocycles. The van der Waals surface area contributed by atoms with Gasteiger partial charge in [0.1, 0.15) is 0 Å². The van der Waals surface area contributed by atoms with Crippen LogP contribution in [0, 0.1) is 5.92 Å². The molecular weight excluding hydrogens is 174 g/mol. The summed E-state index contributed by atoms with van der Waals surface area (Å²) >= 11 is 0. The molecule has 0 amide bonds. The topological polar surface area (TPSA) is 21.3 Å². The fourth-order valence-electron chi connectivity index (χ4n) is 2.53. The molecule has 0 radical (unpaired) electrons. The van der Waals surface area contributed by atoms with Gasteiger partial charge in [-0.3, -0.25) is 0 Å². The maximum Gasteiger partial charge on any atom is 0.0615 e. The molecule has 2 nitrogen and oxygen atoms in total. The molecule has 1 rings (SSSR count). The smallest absolute Gasteiger partial charge is 0.0615 e. The summed E-state index contributed by atoms with van der Waals surface area (Å²) in [6, 6.07) is 1.30. The van der Waals surface area contributed by atoms with Crippen molar-refractivity contribution in [2.24, 2.45) is 5.92 Å². The SMILES string of the molecule is CCC(COC)NC1CCCC1CC. The third-order valence-electron chi connectivity index (χ3n) is 3.49. The van der Waals surface area contributed by atoms with E-state index >= 15 is 0 Å². The van der Waals surface area contributed by atoms with Crippen LogP contribution in [0.25, 0.3) is 0 Å². The van der Waals surface area contributed by atoms with Crippen LogP contribution in [0.15, 0.2) is 0 Å². The Morgan fingerprint density at radius 2 is 2.14 bits per heavy atom. The number of hydrogen-bond acceptors (Lipinski definition) is 2. The first kappa shape index (κ1) is 12.0. The van der Waals surface area contributed by atoms with Gasteiger partial charge in [-0.15, -0.1) is 0 Å². The molecule has 2 heteroatoms. The third kappa shape index (κ3) is 3.25. The average molecular weight is 199 g/mol. The highest BCUT2D eigenvalue weighted by molar-refractivity contribution is 4.84. The molecule has 0 saturated heterocycles. The van der Waals surface area contributed by atoms with Gasteiger partial charge in [0.2, 0.25) is 0 Å². The molecular formula is C12H25NO. The van der Waals surface area contributed by atoms with Crippen molar-refractivity contribution >= 4 is 0 Å². The molecule has 1 fully saturated rings. The Morgan fingerprint density at radius 1 is 1.36 bits per heavy atom. The van der Waals surface area contributed by atoms with Crippen molar-refractivity contribution in [1.29, 1.82) is 0 Å². The van der Waals surface area contributed by atoms with E-state index in [0.29, 0.717) is 6.04 Å². The summed E-state index contributed by atoms with van der Waals surface area (Å²) in [6.45, 7) is 5.39. The van der Waals surface area contributed by atoms with Crippen molar-refractivity contribution in [1.82, 2.24) is 5.32 Å². The predicted octanol–water partition coefficient (Wildman–Crippen LogP) is 2.58. The molecule has 3 atom stereocenters. The highest BCUT2D eigenvalue weighted by Gasteiger charge is 2.26. The van der Waals surface area contributed by atoms with Gasteiger partial charge in [0.15, 0.2) is 0 Å². The molecule has 84 valence electrons. The maximum absolute atomic E-state index is 5.21. The van der Waals surface area contributed by atoms with Gasteiger partial charge in [-0.2, -0.15) is 0 Å². The second kappa shape index (κ2) is 6.41. The second-order valence-corrected chi connectivity index (χ2v) is 4.43. The highest BCUT2D eigenvalue weighted by atomic mass is 16.5. The number of hydrogen-bond donors (Lipinski definition) is 1. The molecule has 3 unspecified atom stereocenters. The minimum atomic E-state index is 0.553.